The lowest BCUT2D eigenvalue weighted by Crippen LogP contribution is -1.87. The molecule has 0 unspecified atom stereocenters. The smallest absolute Gasteiger partial charge is 0.0491 e. The molecule has 6 nitrogen and oxygen atoms in total. The van der Waals surface area contributed by atoms with E-state index in [-0.39, 0.29) is 0 Å². The number of nitrogens with zero attached hydrogens (tertiary/aromatic N) is 6. The van der Waals surface area contributed by atoms with Gasteiger partial charge in [-0.3, -0.25) is 0 Å². The first-order valence-electron chi connectivity index (χ1n) is 45.3. The van der Waals surface area contributed by atoms with E-state index in [4.69, 9.17) is 0 Å². The van der Waals surface area contributed by atoms with E-state index in [9.17, 15) is 0 Å². The molecule has 6 heterocycles. The maximum atomic E-state index is 2.28. The van der Waals surface area contributed by atoms with Crippen molar-refractivity contribution >= 4 is 131 Å². The van der Waals surface area contributed by atoms with Gasteiger partial charge in [-0.2, -0.15) is 0 Å². The van der Waals surface area contributed by atoms with Crippen molar-refractivity contribution in [2.75, 3.05) is 0 Å². The van der Waals surface area contributed by atoms with Crippen LogP contribution in [0.3, 0.4) is 0 Å². The molecule has 0 radical (unpaired) electrons. The molecule has 6 heteroatoms. The van der Waals surface area contributed by atoms with E-state index < -0.39 is 0 Å². The Morgan fingerprint density at radius 2 is 0.311 bits per heavy atom. The van der Waals surface area contributed by atoms with E-state index >= 15 is 0 Å². The van der Waals surface area contributed by atoms with Gasteiger partial charge in [-0.1, -0.05) is 315 Å². The molecular weight excluding hydrogens is 1440 g/mol. The highest BCUT2D eigenvalue weighted by molar-refractivity contribution is 6.13. The van der Waals surface area contributed by atoms with Crippen LogP contribution in [0.4, 0.5) is 0 Å². The second kappa shape index (κ2) is 54.5. The van der Waals surface area contributed by atoms with E-state index in [2.05, 4.69) is 370 Å². The third-order valence-electron chi connectivity index (χ3n) is 19.8. The van der Waals surface area contributed by atoms with Gasteiger partial charge < -0.3 is 27.4 Å². The Morgan fingerprint density at radius 3 is 0.630 bits per heavy atom. The highest BCUT2D eigenvalue weighted by Gasteiger charge is 2.14. The van der Waals surface area contributed by atoms with Crippen molar-refractivity contribution in [3.8, 4) is 0 Å². The second-order valence-corrected chi connectivity index (χ2v) is 27.0. The Hall–Kier alpha value is -10.6. The summed E-state index contributed by atoms with van der Waals surface area (Å²) in [6.07, 6.45) is 0. The number of rotatable bonds is 0. The molecular formula is C113H160N6. The quantitative estimate of drug-likeness (QED) is 0.145. The fourth-order valence-corrected chi connectivity index (χ4v) is 14.7. The molecule has 0 atom stereocenters. The fraction of sp³-hybridized carbons (Fsp3) is 0.363. The highest BCUT2D eigenvalue weighted by atomic mass is 15.0. The zero-order valence-corrected chi connectivity index (χ0v) is 82.5. The summed E-state index contributed by atoms with van der Waals surface area (Å²) in [5, 5.41) is 16.4. The predicted molar refractivity (Wildman–Crippen MR) is 551 cm³/mol. The second-order valence-electron chi connectivity index (χ2n) is 27.0. The average Bonchev–Trinajstić information content (AvgIpc) is 1.75. The first-order valence-corrected chi connectivity index (χ1v) is 45.3. The van der Waals surface area contributed by atoms with Crippen LogP contribution in [0.15, 0.2) is 224 Å². The van der Waals surface area contributed by atoms with Gasteiger partial charge in [-0.05, 0) is 213 Å². The Balaban J connectivity index is 0.000000678. The molecule has 0 N–H and O–H groups in total. The number of para-hydroxylation sites is 1. The largest absolute Gasteiger partial charge is 0.344 e. The molecule has 18 aromatic rings. The van der Waals surface area contributed by atoms with Gasteiger partial charge in [0.25, 0.3) is 0 Å². The first kappa shape index (κ1) is 106. The van der Waals surface area contributed by atoms with Gasteiger partial charge in [0.1, 0.15) is 0 Å². The van der Waals surface area contributed by atoms with E-state index in [1.165, 1.54) is 192 Å². The van der Waals surface area contributed by atoms with Crippen molar-refractivity contribution in [2.45, 2.75) is 242 Å². The van der Waals surface area contributed by atoms with Crippen molar-refractivity contribution in [1.29, 1.82) is 0 Å². The van der Waals surface area contributed by atoms with Crippen LogP contribution in [0.1, 0.15) is 227 Å². The number of hydrogen-bond donors (Lipinski definition) is 0. The molecule has 0 aliphatic heterocycles. The number of aromatic nitrogens is 6. The van der Waals surface area contributed by atoms with E-state index in [1.54, 1.807) is 0 Å². The molecule has 6 aromatic heterocycles. The molecule has 0 fully saturated rings. The molecule has 119 heavy (non-hydrogen) atoms. The van der Waals surface area contributed by atoms with Gasteiger partial charge in [-0.15, -0.1) is 0 Å². The van der Waals surface area contributed by atoms with E-state index in [0.29, 0.717) is 0 Å². The third kappa shape index (κ3) is 25.3. The molecule has 0 saturated carbocycles. The maximum Gasteiger partial charge on any atom is 0.0491 e. The summed E-state index contributed by atoms with van der Waals surface area (Å²) in [5.74, 6) is 0. The van der Waals surface area contributed by atoms with Crippen LogP contribution in [0.2, 0.25) is 0 Å². The summed E-state index contributed by atoms with van der Waals surface area (Å²) in [4.78, 5) is 0. The first-order chi connectivity index (χ1) is 57.6. The van der Waals surface area contributed by atoms with Crippen LogP contribution in [0.5, 0.6) is 0 Å². The predicted octanol–water partition coefficient (Wildman–Crippen LogP) is 35.7. The van der Waals surface area contributed by atoms with Crippen molar-refractivity contribution in [1.82, 2.24) is 27.4 Å². The number of aryl methyl sites for hydroxylation is 17. The van der Waals surface area contributed by atoms with E-state index in [0.717, 1.165) is 0 Å². The zero-order valence-electron chi connectivity index (χ0n) is 82.5. The third-order valence-corrected chi connectivity index (χ3v) is 19.8. The highest BCUT2D eigenvalue weighted by Crippen LogP contribution is 2.36. The molecule has 0 aliphatic rings. The normalized spacial score (nSPS) is 9.72. The Bertz CT molecular complexity index is 5840. The standard InChI is InChI=1S/5C15H15N.C14H13N.12C2H6/c1-10-5-7-14-13(8-10)12-6-4-11(2)9-15(12)16(14)3;1-10-4-6-14-12(8-10)13-9-11(2)5-7-15(13)16(14)3;1-10-4-6-12-13-7-5-11(2)9-15(13)16(3)14(12)8-10;1-10-7-8-13-12(9-10)15-11(2)5-4-6-14(15)16(13)3;1-10-7-8-12-14(9-10)16(3)13-6-4-5-11(2)15(12)13;1-10-7-8-14-12(9-10)11-5-3-4-6-13(11)15(14)2;12*1-2/h5*4-9H,1-3H3;3-9H,1-2H3;12*1-2H3. The van der Waals surface area contributed by atoms with Gasteiger partial charge in [0.15, 0.2) is 0 Å². The van der Waals surface area contributed by atoms with Gasteiger partial charge in [0.2, 0.25) is 0 Å². The lowest BCUT2D eigenvalue weighted by Gasteiger charge is -1.99. The minimum atomic E-state index is 1.30. The van der Waals surface area contributed by atoms with Crippen LogP contribution in [0.25, 0.3) is 131 Å². The summed E-state index contributed by atoms with van der Waals surface area (Å²) >= 11 is 0. The van der Waals surface area contributed by atoms with Gasteiger partial charge >= 0.3 is 0 Å². The van der Waals surface area contributed by atoms with Crippen LogP contribution >= 0.6 is 0 Å². The lowest BCUT2D eigenvalue weighted by molar-refractivity contribution is 1.01. The van der Waals surface area contributed by atoms with Gasteiger partial charge in [-0.25, -0.2) is 0 Å². The van der Waals surface area contributed by atoms with E-state index in [1.807, 2.05) is 166 Å². The van der Waals surface area contributed by atoms with Crippen molar-refractivity contribution in [3.63, 3.8) is 0 Å². The Labute approximate surface area is 723 Å². The summed E-state index contributed by atoms with van der Waals surface area (Å²) < 4.78 is 13.6. The molecule has 0 bridgehead atoms. The van der Waals surface area contributed by atoms with Crippen molar-refractivity contribution < 1.29 is 0 Å². The average molecular weight is 1600 g/mol. The SMILES string of the molecule is CC.CC.CC.CC.CC.CC.CC.CC.CC.CC.CC.CC.Cc1ccc2c(c1)c1c(C)cccc1n2C.Cc1ccc2c(c1)c1cc(C)ccc1n2C.Cc1ccc2c(c1)c1ccc(C)cc1n2C.Cc1ccc2c(c1)c1ccccc1n2C.Cc1ccc2c3c(C)cccc3n(C)c2c1.Cc1ccc2c3ccc(C)cc3n(C)c2c1. The fourth-order valence-electron chi connectivity index (χ4n) is 14.7. The van der Waals surface area contributed by atoms with Crippen LogP contribution in [-0.2, 0) is 42.3 Å². The monoisotopic (exact) mass is 1600 g/mol. The molecule has 0 aliphatic carbocycles. The summed E-state index contributed by atoms with van der Waals surface area (Å²) in [6, 6.07) is 81.5. The van der Waals surface area contributed by atoms with Crippen LogP contribution in [0, 0.1) is 76.2 Å². The van der Waals surface area contributed by atoms with Crippen LogP contribution < -0.4 is 0 Å². The minimum absolute atomic E-state index is 1.30. The van der Waals surface area contributed by atoms with Crippen molar-refractivity contribution in [3.05, 3.63) is 286 Å². The summed E-state index contributed by atoms with van der Waals surface area (Å²) in [5.41, 5.74) is 30.4. The Morgan fingerprint density at radius 1 is 0.134 bits per heavy atom. The number of fused-ring (bicyclic) bond motifs is 18. The topological polar surface area (TPSA) is 29.6 Å². The van der Waals surface area contributed by atoms with Crippen molar-refractivity contribution in [2.24, 2.45) is 42.3 Å². The van der Waals surface area contributed by atoms with Crippen LogP contribution in [-0.4, -0.2) is 27.4 Å². The molecule has 642 valence electrons. The Kier molecular flexibility index (Phi) is 48.8. The molecule has 0 saturated heterocycles. The maximum absolute atomic E-state index is 2.28. The zero-order chi connectivity index (χ0) is 90.8. The minimum Gasteiger partial charge on any atom is -0.344 e. The number of benzene rings is 12. The molecule has 18 rings (SSSR count). The molecule has 0 amide bonds. The van der Waals surface area contributed by atoms with Gasteiger partial charge in [0.05, 0.1) is 0 Å². The molecule has 0 spiro atoms. The molecule has 12 aromatic carbocycles. The number of hydrogen-bond acceptors (Lipinski definition) is 0. The summed E-state index contributed by atoms with van der Waals surface area (Å²) in [6.45, 7) is 71.7. The summed E-state index contributed by atoms with van der Waals surface area (Å²) in [7, 11) is 12.8. The van der Waals surface area contributed by atoms with Gasteiger partial charge in [0, 0.05) is 173 Å². The lowest BCUT2D eigenvalue weighted by atomic mass is 10.1.